The number of carbonyl (C=O) groups is 1. The number of benzene rings is 1. The van der Waals surface area contributed by atoms with E-state index in [1.165, 1.54) is 0 Å². The van der Waals surface area contributed by atoms with Gasteiger partial charge in [0, 0.05) is 26.2 Å². The monoisotopic (exact) mass is 306 g/mol. The Balaban J connectivity index is 1.74. The highest BCUT2D eigenvalue weighted by Gasteiger charge is 2.33. The third kappa shape index (κ3) is 4.13. The zero-order valence-corrected chi connectivity index (χ0v) is 13.2. The van der Waals surface area contributed by atoms with Gasteiger partial charge in [0.25, 0.3) is 0 Å². The summed E-state index contributed by atoms with van der Waals surface area (Å²) >= 11 is 0. The quantitative estimate of drug-likeness (QED) is 0.780. The molecule has 122 valence electrons. The van der Waals surface area contributed by atoms with Gasteiger partial charge in [-0.05, 0) is 48.8 Å². The number of aliphatic hydroxyl groups excluding tert-OH is 1. The number of amides is 2. The molecule has 0 radical (unpaired) electrons. The molecule has 0 aliphatic carbocycles. The molecule has 22 heavy (non-hydrogen) atoms. The van der Waals surface area contributed by atoms with Gasteiger partial charge in [-0.15, -0.1) is 0 Å². The van der Waals surface area contributed by atoms with Gasteiger partial charge < -0.3 is 20.4 Å². The second kappa shape index (κ2) is 7.49. The number of nitrogens with zero attached hydrogens (tertiary/aromatic N) is 1. The average molecular weight is 306 g/mol. The Morgan fingerprint density at radius 2 is 2.09 bits per heavy atom. The Labute approximate surface area is 131 Å². The fourth-order valence-electron chi connectivity index (χ4n) is 2.95. The molecule has 0 bridgehead atoms. The number of hydrogen-bond donors (Lipinski definition) is 3. The van der Waals surface area contributed by atoms with Gasteiger partial charge in [0.2, 0.25) is 0 Å². The Bertz CT molecular complexity index is 490. The van der Waals surface area contributed by atoms with Crippen molar-refractivity contribution in [3.05, 3.63) is 29.8 Å². The highest BCUT2D eigenvalue weighted by Crippen LogP contribution is 2.34. The van der Waals surface area contributed by atoms with Crippen LogP contribution in [0.4, 0.5) is 4.79 Å². The summed E-state index contributed by atoms with van der Waals surface area (Å²) in [6.07, 6.45) is 3.37. The molecule has 1 heterocycles. The number of hydrogen-bond acceptors (Lipinski definition) is 3. The summed E-state index contributed by atoms with van der Waals surface area (Å²) in [5.74, 6) is 0.250. The first-order valence-corrected chi connectivity index (χ1v) is 8.00. The lowest BCUT2D eigenvalue weighted by Gasteiger charge is -2.40. The van der Waals surface area contributed by atoms with E-state index in [1.54, 1.807) is 18.2 Å². The highest BCUT2D eigenvalue weighted by atomic mass is 16.3. The molecule has 0 aromatic heterocycles. The van der Waals surface area contributed by atoms with Crippen LogP contribution in [-0.4, -0.2) is 47.4 Å². The maximum absolute atomic E-state index is 12.1. The van der Waals surface area contributed by atoms with Crippen LogP contribution in [-0.2, 0) is 6.42 Å². The average Bonchev–Trinajstić information content (AvgIpc) is 2.55. The summed E-state index contributed by atoms with van der Waals surface area (Å²) in [5, 5.41) is 21.8. The summed E-state index contributed by atoms with van der Waals surface area (Å²) in [6, 6.07) is 7.05. The lowest BCUT2D eigenvalue weighted by molar-refractivity contribution is 0.0520. The predicted molar refractivity (Wildman–Crippen MR) is 85.8 cm³/mol. The standard InChI is InChI=1S/C17H26N2O3/c1-2-17(13-20)7-10-19(11-8-17)16(22)18-9-6-14-4-3-5-15(21)12-14/h3-5,12,20-21H,2,6-11,13H2,1H3,(H,18,22). The minimum Gasteiger partial charge on any atom is -0.508 e. The number of carbonyl (C=O) groups excluding carboxylic acids is 1. The van der Waals surface area contributed by atoms with Crippen LogP contribution in [0.25, 0.3) is 0 Å². The molecule has 5 nitrogen and oxygen atoms in total. The van der Waals surface area contributed by atoms with Gasteiger partial charge in [-0.2, -0.15) is 0 Å². The summed E-state index contributed by atoms with van der Waals surface area (Å²) in [4.78, 5) is 14.0. The van der Waals surface area contributed by atoms with Crippen molar-refractivity contribution in [2.45, 2.75) is 32.6 Å². The molecule has 2 amide bonds. The van der Waals surface area contributed by atoms with Gasteiger partial charge in [0.1, 0.15) is 5.75 Å². The second-order valence-electron chi connectivity index (χ2n) is 6.15. The smallest absolute Gasteiger partial charge is 0.317 e. The van der Waals surface area contributed by atoms with Crippen LogP contribution in [0.5, 0.6) is 5.75 Å². The number of phenols is 1. The first-order chi connectivity index (χ1) is 10.6. The SMILES string of the molecule is CCC1(CO)CCN(C(=O)NCCc2cccc(O)c2)CC1. The molecular weight excluding hydrogens is 280 g/mol. The second-order valence-corrected chi connectivity index (χ2v) is 6.15. The zero-order chi connectivity index (χ0) is 16.0. The molecule has 0 atom stereocenters. The van der Waals surface area contributed by atoms with Crippen molar-refractivity contribution in [2.24, 2.45) is 5.41 Å². The lowest BCUT2D eigenvalue weighted by atomic mass is 9.77. The van der Waals surface area contributed by atoms with E-state index in [1.807, 2.05) is 11.0 Å². The molecule has 1 aliphatic heterocycles. The van der Waals surface area contributed by atoms with Gasteiger partial charge in [0.05, 0.1) is 0 Å². The fourth-order valence-corrected chi connectivity index (χ4v) is 2.95. The van der Waals surface area contributed by atoms with E-state index in [2.05, 4.69) is 12.2 Å². The van der Waals surface area contributed by atoms with E-state index in [0.717, 1.165) is 24.8 Å². The van der Waals surface area contributed by atoms with Crippen LogP contribution < -0.4 is 5.32 Å². The summed E-state index contributed by atoms with van der Waals surface area (Å²) in [6.45, 7) is 4.26. The van der Waals surface area contributed by atoms with E-state index in [0.29, 0.717) is 26.1 Å². The minimum atomic E-state index is -0.0391. The van der Waals surface area contributed by atoms with Crippen molar-refractivity contribution in [3.8, 4) is 5.75 Å². The van der Waals surface area contributed by atoms with Crippen LogP contribution in [0.1, 0.15) is 31.7 Å². The summed E-state index contributed by atoms with van der Waals surface area (Å²) in [5.41, 5.74) is 1.00. The lowest BCUT2D eigenvalue weighted by Crippen LogP contribution is -2.48. The normalized spacial score (nSPS) is 17.3. The number of urea groups is 1. The molecule has 3 N–H and O–H groups in total. The van der Waals surface area contributed by atoms with E-state index in [-0.39, 0.29) is 23.8 Å². The van der Waals surface area contributed by atoms with E-state index < -0.39 is 0 Å². The highest BCUT2D eigenvalue weighted by molar-refractivity contribution is 5.74. The Hall–Kier alpha value is -1.75. The van der Waals surface area contributed by atoms with Crippen molar-refractivity contribution in [1.82, 2.24) is 10.2 Å². The Kier molecular flexibility index (Phi) is 5.66. The molecule has 1 fully saturated rings. The summed E-state index contributed by atoms with van der Waals surface area (Å²) in [7, 11) is 0. The number of nitrogens with one attached hydrogen (secondary N) is 1. The van der Waals surface area contributed by atoms with Gasteiger partial charge in [0.15, 0.2) is 0 Å². The molecule has 0 unspecified atom stereocenters. The van der Waals surface area contributed by atoms with E-state index in [9.17, 15) is 15.0 Å². The molecule has 0 spiro atoms. The van der Waals surface area contributed by atoms with Gasteiger partial charge in [-0.1, -0.05) is 19.1 Å². The molecule has 1 aromatic rings. The number of likely N-dealkylation sites (tertiary alicyclic amines) is 1. The van der Waals surface area contributed by atoms with E-state index in [4.69, 9.17) is 0 Å². The molecule has 1 aliphatic rings. The first-order valence-electron chi connectivity index (χ1n) is 8.00. The van der Waals surface area contributed by atoms with Crippen LogP contribution >= 0.6 is 0 Å². The van der Waals surface area contributed by atoms with Crippen LogP contribution in [0.15, 0.2) is 24.3 Å². The first kappa shape index (κ1) is 16.6. The van der Waals surface area contributed by atoms with Crippen LogP contribution in [0.3, 0.4) is 0 Å². The molecule has 1 aromatic carbocycles. The van der Waals surface area contributed by atoms with Gasteiger partial charge >= 0.3 is 6.03 Å². The molecule has 0 saturated carbocycles. The third-order valence-electron chi connectivity index (χ3n) is 4.80. The van der Waals surface area contributed by atoms with Gasteiger partial charge in [-0.25, -0.2) is 4.79 Å². The number of phenolic OH excluding ortho intramolecular Hbond substituents is 1. The third-order valence-corrected chi connectivity index (χ3v) is 4.80. The number of rotatable bonds is 5. The van der Waals surface area contributed by atoms with E-state index >= 15 is 0 Å². The van der Waals surface area contributed by atoms with Crippen molar-refractivity contribution in [3.63, 3.8) is 0 Å². The Morgan fingerprint density at radius 3 is 2.68 bits per heavy atom. The minimum absolute atomic E-state index is 0.00164. The van der Waals surface area contributed by atoms with Gasteiger partial charge in [-0.3, -0.25) is 0 Å². The van der Waals surface area contributed by atoms with Crippen molar-refractivity contribution in [2.75, 3.05) is 26.2 Å². The maximum atomic E-state index is 12.1. The Morgan fingerprint density at radius 1 is 1.36 bits per heavy atom. The zero-order valence-electron chi connectivity index (χ0n) is 13.2. The molecular formula is C17H26N2O3. The van der Waals surface area contributed by atoms with Crippen molar-refractivity contribution in [1.29, 1.82) is 0 Å². The number of piperidine rings is 1. The fraction of sp³-hybridized carbons (Fsp3) is 0.588. The number of aliphatic hydroxyl groups is 1. The predicted octanol–water partition coefficient (Wildman–Crippen LogP) is 2.13. The largest absolute Gasteiger partial charge is 0.508 e. The molecule has 5 heteroatoms. The molecule has 2 rings (SSSR count). The maximum Gasteiger partial charge on any atom is 0.317 e. The van der Waals surface area contributed by atoms with Crippen molar-refractivity contribution >= 4 is 6.03 Å². The van der Waals surface area contributed by atoms with Crippen LogP contribution in [0.2, 0.25) is 0 Å². The number of aromatic hydroxyl groups is 1. The topological polar surface area (TPSA) is 72.8 Å². The summed E-state index contributed by atoms with van der Waals surface area (Å²) < 4.78 is 0. The molecule has 1 saturated heterocycles. The van der Waals surface area contributed by atoms with Crippen molar-refractivity contribution < 1.29 is 15.0 Å². The van der Waals surface area contributed by atoms with Crippen LogP contribution in [0, 0.1) is 5.41 Å².